The molecule has 0 rings (SSSR count). The predicted molar refractivity (Wildman–Crippen MR) is 50.2 cm³/mol. The third kappa shape index (κ3) is 3.92. The molecule has 4 N–H and O–H groups in total. The fourth-order valence-electron chi connectivity index (χ4n) is 0.900. The molecule has 0 aromatic rings. The van der Waals surface area contributed by atoms with Crippen molar-refractivity contribution in [3.8, 4) is 0 Å². The Bertz CT molecular complexity index is 306. The van der Waals surface area contributed by atoms with E-state index < -0.39 is 29.7 Å². The molecule has 0 saturated heterocycles. The second-order valence-corrected chi connectivity index (χ2v) is 2.85. The van der Waals surface area contributed by atoms with Crippen LogP contribution in [0.5, 0.6) is 0 Å². The van der Waals surface area contributed by atoms with Crippen LogP contribution in [0.2, 0.25) is 0 Å². The standard InChI is InChI=1S/C9H12O6/c1-6(8(13)14)9(15,4-5-10)3-2-7(11)12/h2-3,10,15H,1,4-5H2,(H,11,12)(H,13,14). The fraction of sp³-hybridized carbons (Fsp3) is 0.333. The van der Waals surface area contributed by atoms with Crippen LogP contribution >= 0.6 is 0 Å². The van der Waals surface area contributed by atoms with Crippen molar-refractivity contribution in [3.05, 3.63) is 24.3 Å². The van der Waals surface area contributed by atoms with Gasteiger partial charge in [0.15, 0.2) is 0 Å². The summed E-state index contributed by atoms with van der Waals surface area (Å²) in [4.78, 5) is 20.7. The van der Waals surface area contributed by atoms with Crippen LogP contribution in [0, 0.1) is 0 Å². The Morgan fingerprint density at radius 3 is 2.20 bits per heavy atom. The number of hydrogen-bond acceptors (Lipinski definition) is 4. The zero-order valence-electron chi connectivity index (χ0n) is 7.88. The van der Waals surface area contributed by atoms with Gasteiger partial charge in [0.1, 0.15) is 5.60 Å². The van der Waals surface area contributed by atoms with Gasteiger partial charge in [-0.15, -0.1) is 0 Å². The Balaban J connectivity index is 4.97. The van der Waals surface area contributed by atoms with E-state index >= 15 is 0 Å². The lowest BCUT2D eigenvalue weighted by Crippen LogP contribution is -2.33. The quantitative estimate of drug-likeness (QED) is 0.440. The van der Waals surface area contributed by atoms with Crippen molar-refractivity contribution in [1.29, 1.82) is 0 Å². The highest BCUT2D eigenvalue weighted by atomic mass is 16.4. The van der Waals surface area contributed by atoms with Gasteiger partial charge in [-0.25, -0.2) is 9.59 Å². The van der Waals surface area contributed by atoms with Crippen LogP contribution in [-0.2, 0) is 9.59 Å². The molecule has 84 valence electrons. The van der Waals surface area contributed by atoms with E-state index in [1.54, 1.807) is 0 Å². The van der Waals surface area contributed by atoms with E-state index in [0.717, 1.165) is 6.08 Å². The first-order valence-corrected chi connectivity index (χ1v) is 4.01. The van der Waals surface area contributed by atoms with Gasteiger partial charge in [-0.2, -0.15) is 0 Å². The van der Waals surface area contributed by atoms with Crippen LogP contribution in [0.3, 0.4) is 0 Å². The molecule has 0 aliphatic heterocycles. The Hall–Kier alpha value is -1.66. The minimum atomic E-state index is -2.04. The molecule has 0 aromatic carbocycles. The van der Waals surface area contributed by atoms with Crippen molar-refractivity contribution >= 4 is 11.9 Å². The second-order valence-electron chi connectivity index (χ2n) is 2.85. The summed E-state index contributed by atoms with van der Waals surface area (Å²) in [6.45, 7) is 2.62. The van der Waals surface area contributed by atoms with Crippen LogP contribution in [0.1, 0.15) is 6.42 Å². The smallest absolute Gasteiger partial charge is 0.334 e. The molecule has 15 heavy (non-hydrogen) atoms. The van der Waals surface area contributed by atoms with Crippen molar-refractivity contribution in [2.75, 3.05) is 6.61 Å². The topological polar surface area (TPSA) is 115 Å². The zero-order valence-corrected chi connectivity index (χ0v) is 7.88. The minimum Gasteiger partial charge on any atom is -0.478 e. The molecule has 0 saturated carbocycles. The van der Waals surface area contributed by atoms with Gasteiger partial charge < -0.3 is 20.4 Å². The molecule has 0 fully saturated rings. The molecule has 6 nitrogen and oxygen atoms in total. The van der Waals surface area contributed by atoms with E-state index in [2.05, 4.69) is 6.58 Å². The predicted octanol–water partition coefficient (Wildman–Crippen LogP) is -0.619. The summed E-state index contributed by atoms with van der Waals surface area (Å²) >= 11 is 0. The van der Waals surface area contributed by atoms with E-state index in [0.29, 0.717) is 6.08 Å². The molecule has 0 aliphatic carbocycles. The average molecular weight is 216 g/mol. The second kappa shape index (κ2) is 5.28. The van der Waals surface area contributed by atoms with Gasteiger partial charge in [0.2, 0.25) is 0 Å². The molecule has 0 amide bonds. The molecular weight excluding hydrogens is 204 g/mol. The number of carbonyl (C=O) groups is 2. The summed E-state index contributed by atoms with van der Waals surface area (Å²) in [5.41, 5.74) is -2.63. The van der Waals surface area contributed by atoms with Gasteiger partial charge in [0, 0.05) is 19.1 Å². The van der Waals surface area contributed by atoms with Gasteiger partial charge in [0.05, 0.1) is 5.57 Å². The number of rotatable bonds is 6. The summed E-state index contributed by atoms with van der Waals surface area (Å²) in [5, 5.41) is 35.2. The molecule has 0 heterocycles. The van der Waals surface area contributed by atoms with Gasteiger partial charge in [0.25, 0.3) is 0 Å². The molecule has 0 radical (unpaired) electrons. The molecule has 1 unspecified atom stereocenters. The normalized spacial score (nSPS) is 14.8. The number of carboxylic acid groups (broad SMARTS) is 2. The lowest BCUT2D eigenvalue weighted by Gasteiger charge is -2.23. The van der Waals surface area contributed by atoms with E-state index in [-0.39, 0.29) is 6.42 Å². The Kier molecular flexibility index (Phi) is 4.69. The molecule has 0 spiro atoms. The Morgan fingerprint density at radius 2 is 1.87 bits per heavy atom. The molecule has 0 aromatic heterocycles. The third-order valence-corrected chi connectivity index (χ3v) is 1.78. The molecule has 6 heteroatoms. The van der Waals surface area contributed by atoms with E-state index in [4.69, 9.17) is 15.3 Å². The SMILES string of the molecule is C=C(C(=O)O)C(O)(C=CC(=O)O)CCO. The van der Waals surface area contributed by atoms with Gasteiger partial charge in [-0.1, -0.05) is 6.58 Å². The highest BCUT2D eigenvalue weighted by molar-refractivity contribution is 5.89. The molecular formula is C9H12O6. The third-order valence-electron chi connectivity index (χ3n) is 1.78. The van der Waals surface area contributed by atoms with Crippen LogP contribution in [0.25, 0.3) is 0 Å². The van der Waals surface area contributed by atoms with Crippen LogP contribution in [-0.4, -0.2) is 44.6 Å². The van der Waals surface area contributed by atoms with Crippen molar-refractivity contribution in [2.24, 2.45) is 0 Å². The molecule has 1 atom stereocenters. The Labute approximate surface area is 85.8 Å². The molecule has 0 aliphatic rings. The largest absolute Gasteiger partial charge is 0.478 e. The lowest BCUT2D eigenvalue weighted by atomic mass is 9.91. The van der Waals surface area contributed by atoms with Gasteiger partial charge in [-0.3, -0.25) is 0 Å². The van der Waals surface area contributed by atoms with Crippen molar-refractivity contribution in [1.82, 2.24) is 0 Å². The summed E-state index contributed by atoms with van der Waals surface area (Å²) in [6, 6.07) is 0. The van der Waals surface area contributed by atoms with E-state index in [9.17, 15) is 14.7 Å². The van der Waals surface area contributed by atoms with Crippen molar-refractivity contribution in [3.63, 3.8) is 0 Å². The van der Waals surface area contributed by atoms with Crippen molar-refractivity contribution < 1.29 is 30.0 Å². The number of aliphatic hydroxyl groups is 2. The monoisotopic (exact) mass is 216 g/mol. The lowest BCUT2D eigenvalue weighted by molar-refractivity contribution is -0.135. The van der Waals surface area contributed by atoms with Gasteiger partial charge >= 0.3 is 11.9 Å². The van der Waals surface area contributed by atoms with Gasteiger partial charge in [-0.05, 0) is 6.08 Å². The number of aliphatic carboxylic acids is 2. The zero-order chi connectivity index (χ0) is 12.1. The van der Waals surface area contributed by atoms with Crippen LogP contribution in [0.4, 0.5) is 0 Å². The summed E-state index contributed by atoms with van der Waals surface area (Å²) in [5.74, 6) is -2.79. The highest BCUT2D eigenvalue weighted by Crippen LogP contribution is 2.21. The fourth-order valence-corrected chi connectivity index (χ4v) is 0.900. The first kappa shape index (κ1) is 13.3. The van der Waals surface area contributed by atoms with E-state index in [1.807, 2.05) is 0 Å². The number of hydrogen-bond donors (Lipinski definition) is 4. The first-order valence-electron chi connectivity index (χ1n) is 4.01. The van der Waals surface area contributed by atoms with Crippen LogP contribution in [0.15, 0.2) is 24.3 Å². The maximum Gasteiger partial charge on any atom is 0.334 e. The maximum atomic E-state index is 10.5. The average Bonchev–Trinajstić information content (AvgIpc) is 2.14. The summed E-state index contributed by atoms with van der Waals surface area (Å²) < 4.78 is 0. The Morgan fingerprint density at radius 1 is 1.33 bits per heavy atom. The van der Waals surface area contributed by atoms with Crippen LogP contribution < -0.4 is 0 Å². The minimum absolute atomic E-state index is 0.331. The van der Waals surface area contributed by atoms with Crippen molar-refractivity contribution in [2.45, 2.75) is 12.0 Å². The number of aliphatic hydroxyl groups excluding tert-OH is 1. The molecule has 0 bridgehead atoms. The summed E-state index contributed by atoms with van der Waals surface area (Å²) in [7, 11) is 0. The maximum absolute atomic E-state index is 10.5. The number of carboxylic acids is 2. The first-order chi connectivity index (χ1) is 6.83. The highest BCUT2D eigenvalue weighted by Gasteiger charge is 2.31. The van der Waals surface area contributed by atoms with E-state index in [1.165, 1.54) is 0 Å². The summed E-state index contributed by atoms with van der Waals surface area (Å²) in [6.07, 6.45) is 1.05.